The SMILES string of the molecule is Cc1cc(C)c(C(Br)c2ccc(C(F)(F)F)cc2)s1. The first kappa shape index (κ1) is 14.6. The molecule has 0 saturated carbocycles. The van der Waals surface area contributed by atoms with Crippen LogP contribution in [0.4, 0.5) is 13.2 Å². The highest BCUT2D eigenvalue weighted by atomic mass is 79.9. The maximum absolute atomic E-state index is 12.5. The van der Waals surface area contributed by atoms with Crippen LogP contribution in [-0.4, -0.2) is 0 Å². The van der Waals surface area contributed by atoms with Gasteiger partial charge in [-0.1, -0.05) is 28.1 Å². The van der Waals surface area contributed by atoms with Crippen molar-refractivity contribution in [3.05, 3.63) is 56.8 Å². The molecule has 0 nitrogen and oxygen atoms in total. The van der Waals surface area contributed by atoms with E-state index in [1.807, 2.05) is 13.8 Å². The van der Waals surface area contributed by atoms with Gasteiger partial charge in [0.05, 0.1) is 10.4 Å². The molecule has 1 atom stereocenters. The van der Waals surface area contributed by atoms with E-state index in [9.17, 15) is 13.2 Å². The lowest BCUT2D eigenvalue weighted by Crippen LogP contribution is -2.04. The lowest BCUT2D eigenvalue weighted by atomic mass is 10.1. The predicted molar refractivity (Wildman–Crippen MR) is 76.0 cm³/mol. The van der Waals surface area contributed by atoms with E-state index in [4.69, 9.17) is 0 Å². The number of hydrogen-bond donors (Lipinski definition) is 0. The Morgan fingerprint density at radius 3 is 2.11 bits per heavy atom. The summed E-state index contributed by atoms with van der Waals surface area (Å²) in [5.41, 5.74) is 1.37. The van der Waals surface area contributed by atoms with Crippen molar-refractivity contribution in [1.29, 1.82) is 0 Å². The third-order valence-corrected chi connectivity index (χ3v) is 5.35. The van der Waals surface area contributed by atoms with Crippen LogP contribution in [0.2, 0.25) is 0 Å². The Labute approximate surface area is 122 Å². The lowest BCUT2D eigenvalue weighted by Gasteiger charge is -2.12. The molecule has 19 heavy (non-hydrogen) atoms. The van der Waals surface area contributed by atoms with Gasteiger partial charge < -0.3 is 0 Å². The molecule has 0 bridgehead atoms. The van der Waals surface area contributed by atoms with Gasteiger partial charge in [0.25, 0.3) is 0 Å². The first-order chi connectivity index (χ1) is 8.79. The van der Waals surface area contributed by atoms with Crippen molar-refractivity contribution >= 4 is 27.3 Å². The number of halogens is 4. The number of alkyl halides is 4. The molecule has 1 aromatic carbocycles. The van der Waals surface area contributed by atoms with Gasteiger partial charge in [-0.15, -0.1) is 11.3 Å². The summed E-state index contributed by atoms with van der Waals surface area (Å²) in [6.07, 6.45) is -4.28. The quantitative estimate of drug-likeness (QED) is 0.595. The van der Waals surface area contributed by atoms with Crippen molar-refractivity contribution in [2.75, 3.05) is 0 Å². The van der Waals surface area contributed by atoms with Crippen LogP contribution >= 0.6 is 27.3 Å². The van der Waals surface area contributed by atoms with Crippen LogP contribution in [0.25, 0.3) is 0 Å². The zero-order valence-electron chi connectivity index (χ0n) is 10.4. The van der Waals surface area contributed by atoms with E-state index in [1.54, 1.807) is 11.3 Å². The van der Waals surface area contributed by atoms with Gasteiger partial charge in [0.1, 0.15) is 0 Å². The molecule has 1 aromatic heterocycles. The second kappa shape index (κ2) is 5.29. The maximum atomic E-state index is 12.5. The summed E-state index contributed by atoms with van der Waals surface area (Å²) in [5.74, 6) is 0. The Hall–Kier alpha value is -0.810. The van der Waals surface area contributed by atoms with Crippen LogP contribution in [0.3, 0.4) is 0 Å². The number of benzene rings is 1. The molecular weight excluding hydrogens is 337 g/mol. The number of aryl methyl sites for hydroxylation is 2. The van der Waals surface area contributed by atoms with Crippen molar-refractivity contribution in [2.24, 2.45) is 0 Å². The standard InChI is InChI=1S/C14H12BrF3S/c1-8-7-9(2)19-13(8)12(15)10-3-5-11(6-4-10)14(16,17)18/h3-7,12H,1-2H3. The molecular formula is C14H12BrF3S. The topological polar surface area (TPSA) is 0 Å². The minimum atomic E-state index is -4.28. The fraction of sp³-hybridized carbons (Fsp3) is 0.286. The first-order valence-electron chi connectivity index (χ1n) is 5.67. The third-order valence-electron chi connectivity index (χ3n) is 2.84. The third kappa shape index (κ3) is 3.20. The normalized spacial score (nSPS) is 13.6. The van der Waals surface area contributed by atoms with E-state index in [0.717, 1.165) is 28.1 Å². The highest BCUT2D eigenvalue weighted by molar-refractivity contribution is 9.09. The summed E-state index contributed by atoms with van der Waals surface area (Å²) in [4.78, 5) is 2.27. The van der Waals surface area contributed by atoms with Gasteiger partial charge in [-0.25, -0.2) is 0 Å². The monoisotopic (exact) mass is 348 g/mol. The smallest absolute Gasteiger partial charge is 0.166 e. The molecule has 0 spiro atoms. The highest BCUT2D eigenvalue weighted by Gasteiger charge is 2.30. The summed E-state index contributed by atoms with van der Waals surface area (Å²) < 4.78 is 37.5. The number of rotatable bonds is 2. The van der Waals surface area contributed by atoms with Crippen LogP contribution in [0.1, 0.15) is 31.3 Å². The second-order valence-corrected chi connectivity index (χ2v) is 6.59. The minimum absolute atomic E-state index is 0.0616. The van der Waals surface area contributed by atoms with E-state index in [1.165, 1.54) is 17.0 Å². The fourth-order valence-electron chi connectivity index (χ4n) is 1.90. The molecule has 0 amide bonds. The summed E-state index contributed by atoms with van der Waals surface area (Å²) in [6.45, 7) is 4.03. The molecule has 2 rings (SSSR count). The van der Waals surface area contributed by atoms with E-state index in [-0.39, 0.29) is 4.83 Å². The molecule has 102 valence electrons. The van der Waals surface area contributed by atoms with E-state index in [0.29, 0.717) is 0 Å². The van der Waals surface area contributed by atoms with Crippen LogP contribution in [0, 0.1) is 13.8 Å². The average Bonchev–Trinajstić information content (AvgIpc) is 2.66. The number of thiophene rings is 1. The van der Waals surface area contributed by atoms with E-state index in [2.05, 4.69) is 22.0 Å². The van der Waals surface area contributed by atoms with E-state index < -0.39 is 11.7 Å². The van der Waals surface area contributed by atoms with Gasteiger partial charge in [0.15, 0.2) is 0 Å². The Morgan fingerprint density at radius 2 is 1.68 bits per heavy atom. The van der Waals surface area contributed by atoms with Gasteiger partial charge in [0, 0.05) is 9.75 Å². The summed E-state index contributed by atoms with van der Waals surface area (Å²) >= 11 is 5.22. The van der Waals surface area contributed by atoms with Gasteiger partial charge in [-0.2, -0.15) is 13.2 Å². The van der Waals surface area contributed by atoms with Gasteiger partial charge in [0.2, 0.25) is 0 Å². The molecule has 5 heteroatoms. The molecule has 1 heterocycles. The minimum Gasteiger partial charge on any atom is -0.166 e. The van der Waals surface area contributed by atoms with Crippen molar-refractivity contribution in [1.82, 2.24) is 0 Å². The van der Waals surface area contributed by atoms with Crippen LogP contribution in [-0.2, 0) is 6.18 Å². The van der Waals surface area contributed by atoms with Crippen molar-refractivity contribution < 1.29 is 13.2 Å². The maximum Gasteiger partial charge on any atom is 0.416 e. The molecule has 0 aliphatic carbocycles. The summed E-state index contributed by atoms with van der Waals surface area (Å²) in [6, 6.07) is 7.38. The summed E-state index contributed by atoms with van der Waals surface area (Å²) in [7, 11) is 0. The molecule has 0 aliphatic rings. The summed E-state index contributed by atoms with van der Waals surface area (Å²) in [5, 5.41) is 0. The highest BCUT2D eigenvalue weighted by Crippen LogP contribution is 2.38. The van der Waals surface area contributed by atoms with Crippen molar-refractivity contribution in [3.8, 4) is 0 Å². The predicted octanol–water partition coefficient (Wildman–Crippen LogP) is 5.87. The van der Waals surface area contributed by atoms with Crippen LogP contribution in [0.5, 0.6) is 0 Å². The Balaban J connectivity index is 2.30. The zero-order chi connectivity index (χ0) is 14.2. The second-order valence-electron chi connectivity index (χ2n) is 4.39. The van der Waals surface area contributed by atoms with Crippen molar-refractivity contribution in [2.45, 2.75) is 24.9 Å². The van der Waals surface area contributed by atoms with Gasteiger partial charge in [-0.3, -0.25) is 0 Å². The molecule has 2 aromatic rings. The van der Waals surface area contributed by atoms with E-state index >= 15 is 0 Å². The van der Waals surface area contributed by atoms with Crippen LogP contribution in [0.15, 0.2) is 30.3 Å². The Morgan fingerprint density at radius 1 is 1.11 bits per heavy atom. The molecule has 0 radical (unpaired) electrons. The Kier molecular flexibility index (Phi) is 4.06. The molecule has 0 fully saturated rings. The molecule has 1 unspecified atom stereocenters. The lowest BCUT2D eigenvalue weighted by molar-refractivity contribution is -0.137. The molecule has 0 saturated heterocycles. The molecule has 0 N–H and O–H groups in total. The first-order valence-corrected chi connectivity index (χ1v) is 7.40. The fourth-order valence-corrected chi connectivity index (χ4v) is 3.89. The largest absolute Gasteiger partial charge is 0.416 e. The zero-order valence-corrected chi connectivity index (χ0v) is 12.8. The number of hydrogen-bond acceptors (Lipinski definition) is 1. The molecule has 0 aliphatic heterocycles. The average molecular weight is 349 g/mol. The van der Waals surface area contributed by atoms with Crippen LogP contribution < -0.4 is 0 Å². The van der Waals surface area contributed by atoms with Gasteiger partial charge >= 0.3 is 6.18 Å². The Bertz CT molecular complexity index is 569. The van der Waals surface area contributed by atoms with Gasteiger partial charge in [-0.05, 0) is 43.2 Å². The van der Waals surface area contributed by atoms with Crippen molar-refractivity contribution in [3.63, 3.8) is 0 Å².